The lowest BCUT2D eigenvalue weighted by molar-refractivity contribution is -0.124. The maximum absolute atomic E-state index is 15.0. The molecule has 0 spiro atoms. The Bertz CT molecular complexity index is 1740. The Morgan fingerprint density at radius 2 is 1.86 bits per heavy atom. The third-order valence-corrected chi connectivity index (χ3v) is 8.68. The summed E-state index contributed by atoms with van der Waals surface area (Å²) in [5.41, 5.74) is 3.46. The Labute approximate surface area is 250 Å². The van der Waals surface area contributed by atoms with Crippen LogP contribution in [0.15, 0.2) is 53.7 Å². The standard InChI is InChI=1S/C30H36FN7O4S/c1-5-42-18-24(38-14-12-37(3)13-15-38)29(39)34-23-10-6-8-20-21(17-32-28(20)23)27-19(2)16-33-30(36-27)35-22-9-7-11-25(26(22)31)43(4,40)41/h6-11,16-17,24,32H,5,12-15,18H2,1-4H3,(H,34,39)(H,33,35,36). The van der Waals surface area contributed by atoms with Crippen LogP contribution in [0.3, 0.4) is 0 Å². The summed E-state index contributed by atoms with van der Waals surface area (Å²) >= 11 is 0. The maximum atomic E-state index is 15.0. The molecule has 0 aliphatic carbocycles. The summed E-state index contributed by atoms with van der Waals surface area (Å²) in [7, 11) is -1.68. The van der Waals surface area contributed by atoms with Crippen LogP contribution in [0.2, 0.25) is 0 Å². The van der Waals surface area contributed by atoms with Crippen molar-refractivity contribution < 1.29 is 22.3 Å². The van der Waals surface area contributed by atoms with Gasteiger partial charge in [-0.1, -0.05) is 18.2 Å². The van der Waals surface area contributed by atoms with Crippen LogP contribution in [-0.4, -0.2) is 97.8 Å². The molecular weight excluding hydrogens is 573 g/mol. The van der Waals surface area contributed by atoms with Gasteiger partial charge in [-0.15, -0.1) is 0 Å². The first-order chi connectivity index (χ1) is 20.6. The van der Waals surface area contributed by atoms with Gasteiger partial charge in [0.25, 0.3) is 0 Å². The van der Waals surface area contributed by atoms with Crippen LogP contribution in [0.5, 0.6) is 0 Å². The molecule has 5 rings (SSSR count). The molecule has 2 aromatic heterocycles. The van der Waals surface area contributed by atoms with Crippen LogP contribution in [0.1, 0.15) is 12.5 Å². The van der Waals surface area contributed by atoms with E-state index in [0.717, 1.165) is 54.5 Å². The summed E-state index contributed by atoms with van der Waals surface area (Å²) in [5, 5.41) is 6.75. The average Bonchev–Trinajstić information content (AvgIpc) is 3.40. The quantitative estimate of drug-likeness (QED) is 0.246. The number of fused-ring (bicyclic) bond motifs is 1. The van der Waals surface area contributed by atoms with Gasteiger partial charge in [0.05, 0.1) is 29.2 Å². The second kappa shape index (κ2) is 12.8. The number of benzene rings is 2. The number of piperazine rings is 1. The van der Waals surface area contributed by atoms with Gasteiger partial charge in [0.2, 0.25) is 11.9 Å². The first kappa shape index (κ1) is 30.5. The number of aryl methyl sites for hydroxylation is 1. The number of sulfone groups is 1. The van der Waals surface area contributed by atoms with E-state index in [0.29, 0.717) is 24.6 Å². The number of H-pyrrole nitrogens is 1. The lowest BCUT2D eigenvalue weighted by Crippen LogP contribution is -2.54. The predicted octanol–water partition coefficient (Wildman–Crippen LogP) is 3.81. The van der Waals surface area contributed by atoms with Gasteiger partial charge < -0.3 is 25.3 Å². The molecule has 1 unspecified atom stereocenters. The highest BCUT2D eigenvalue weighted by molar-refractivity contribution is 7.90. The first-order valence-corrected chi connectivity index (χ1v) is 16.0. The number of hydrogen-bond donors (Lipinski definition) is 3. The van der Waals surface area contributed by atoms with Crippen molar-refractivity contribution in [1.82, 2.24) is 24.8 Å². The number of amides is 1. The van der Waals surface area contributed by atoms with E-state index in [4.69, 9.17) is 4.74 Å². The van der Waals surface area contributed by atoms with E-state index in [9.17, 15) is 17.6 Å². The fourth-order valence-corrected chi connectivity index (χ4v) is 5.93. The lowest BCUT2D eigenvalue weighted by atomic mass is 10.1. The number of halogens is 1. The summed E-state index contributed by atoms with van der Waals surface area (Å²) in [4.78, 5) is 29.8. The largest absolute Gasteiger partial charge is 0.380 e. The molecule has 4 aromatic rings. The van der Waals surface area contributed by atoms with E-state index < -0.39 is 26.6 Å². The Morgan fingerprint density at radius 1 is 1.14 bits per heavy atom. The minimum Gasteiger partial charge on any atom is -0.380 e. The topological polar surface area (TPSA) is 133 Å². The molecule has 11 nitrogen and oxygen atoms in total. The molecule has 1 aliphatic rings. The molecule has 0 bridgehead atoms. The molecule has 1 amide bonds. The first-order valence-electron chi connectivity index (χ1n) is 14.1. The summed E-state index contributed by atoms with van der Waals surface area (Å²) in [6, 6.07) is 9.31. The van der Waals surface area contributed by atoms with Crippen molar-refractivity contribution in [3.05, 3.63) is 60.2 Å². The zero-order chi connectivity index (χ0) is 30.7. The zero-order valence-corrected chi connectivity index (χ0v) is 25.5. The normalized spacial score (nSPS) is 15.5. The number of anilines is 3. The van der Waals surface area contributed by atoms with Crippen LogP contribution in [-0.2, 0) is 19.4 Å². The Balaban J connectivity index is 1.43. The molecule has 0 saturated carbocycles. The van der Waals surface area contributed by atoms with Crippen LogP contribution in [0, 0.1) is 12.7 Å². The molecule has 228 valence electrons. The highest BCUT2D eigenvalue weighted by Crippen LogP contribution is 2.34. The van der Waals surface area contributed by atoms with Crippen LogP contribution < -0.4 is 10.6 Å². The predicted molar refractivity (Wildman–Crippen MR) is 165 cm³/mol. The second-order valence-electron chi connectivity index (χ2n) is 10.7. The molecule has 2 aromatic carbocycles. The van der Waals surface area contributed by atoms with Gasteiger partial charge in [-0.3, -0.25) is 9.69 Å². The number of nitrogens with zero attached hydrogens (tertiary/aromatic N) is 4. The fraction of sp³-hybridized carbons (Fsp3) is 0.367. The van der Waals surface area contributed by atoms with Gasteiger partial charge >= 0.3 is 0 Å². The molecule has 1 aliphatic heterocycles. The highest BCUT2D eigenvalue weighted by atomic mass is 32.2. The molecule has 43 heavy (non-hydrogen) atoms. The fourth-order valence-electron chi connectivity index (χ4n) is 5.17. The van der Waals surface area contributed by atoms with E-state index in [2.05, 4.69) is 42.4 Å². The van der Waals surface area contributed by atoms with Gasteiger partial charge in [-0.25, -0.2) is 22.8 Å². The average molecular weight is 610 g/mol. The second-order valence-corrected chi connectivity index (χ2v) is 12.7. The molecule has 0 radical (unpaired) electrons. The number of aromatic amines is 1. The molecule has 3 N–H and O–H groups in total. The number of nitrogens with one attached hydrogen (secondary N) is 3. The van der Waals surface area contributed by atoms with Gasteiger partial charge in [-0.2, -0.15) is 0 Å². The number of para-hydroxylation sites is 1. The third kappa shape index (κ3) is 6.69. The van der Waals surface area contributed by atoms with Crippen LogP contribution in [0.25, 0.3) is 22.2 Å². The van der Waals surface area contributed by atoms with Crippen molar-refractivity contribution in [3.8, 4) is 11.3 Å². The van der Waals surface area contributed by atoms with E-state index in [1.165, 1.54) is 18.2 Å². The Hall–Kier alpha value is -3.91. The highest BCUT2D eigenvalue weighted by Gasteiger charge is 2.29. The summed E-state index contributed by atoms with van der Waals surface area (Å²) in [5.74, 6) is -0.929. The number of likely N-dealkylation sites (N-methyl/N-ethyl adjacent to an activating group) is 1. The number of rotatable bonds is 10. The van der Waals surface area contributed by atoms with E-state index in [1.54, 1.807) is 6.20 Å². The van der Waals surface area contributed by atoms with Crippen LogP contribution in [0.4, 0.5) is 21.7 Å². The molecular formula is C30H36FN7O4S. The van der Waals surface area contributed by atoms with Crippen molar-refractivity contribution in [2.75, 3.05) is 63.3 Å². The lowest BCUT2D eigenvalue weighted by Gasteiger charge is -2.37. The minimum absolute atomic E-state index is 0.0522. The van der Waals surface area contributed by atoms with Crippen molar-refractivity contribution in [1.29, 1.82) is 0 Å². The SMILES string of the molecule is CCOCC(C(=O)Nc1cccc2c(-c3nc(Nc4cccc(S(C)(=O)=O)c4F)ncc3C)c[nH]c12)N1CCN(C)CC1. The smallest absolute Gasteiger partial charge is 0.244 e. The molecule has 13 heteroatoms. The molecule has 3 heterocycles. The summed E-state index contributed by atoms with van der Waals surface area (Å²) in [6.07, 6.45) is 4.37. The van der Waals surface area contributed by atoms with Crippen LogP contribution >= 0.6 is 0 Å². The Morgan fingerprint density at radius 3 is 2.58 bits per heavy atom. The molecule has 1 atom stereocenters. The van der Waals surface area contributed by atoms with Gasteiger partial charge in [0.15, 0.2) is 15.7 Å². The molecule has 1 fully saturated rings. The van der Waals surface area contributed by atoms with Crippen molar-refractivity contribution in [3.63, 3.8) is 0 Å². The van der Waals surface area contributed by atoms with Gasteiger partial charge in [0.1, 0.15) is 10.9 Å². The molecule has 1 saturated heterocycles. The van der Waals surface area contributed by atoms with Gasteiger partial charge in [0, 0.05) is 62.4 Å². The number of carbonyl (C=O) groups excluding carboxylic acids is 1. The number of aromatic nitrogens is 3. The van der Waals surface area contributed by atoms with Crippen molar-refractivity contribution >= 4 is 44.0 Å². The van der Waals surface area contributed by atoms with E-state index in [-0.39, 0.29) is 17.5 Å². The summed E-state index contributed by atoms with van der Waals surface area (Å²) < 4.78 is 44.6. The zero-order valence-electron chi connectivity index (χ0n) is 24.6. The number of carbonyl (C=O) groups is 1. The summed E-state index contributed by atoms with van der Waals surface area (Å²) in [6.45, 7) is 7.95. The minimum atomic E-state index is -3.76. The van der Waals surface area contributed by atoms with Crippen molar-refractivity contribution in [2.45, 2.75) is 24.8 Å². The Kier molecular flexibility index (Phi) is 9.06. The van der Waals surface area contributed by atoms with Gasteiger partial charge in [-0.05, 0) is 44.7 Å². The van der Waals surface area contributed by atoms with Crippen molar-refractivity contribution in [2.24, 2.45) is 0 Å². The van der Waals surface area contributed by atoms with E-state index in [1.807, 2.05) is 38.2 Å². The maximum Gasteiger partial charge on any atom is 0.244 e. The third-order valence-electron chi connectivity index (χ3n) is 7.57. The number of ether oxygens (including phenoxy) is 1. The van der Waals surface area contributed by atoms with E-state index >= 15 is 0 Å². The monoisotopic (exact) mass is 609 g/mol. The number of hydrogen-bond acceptors (Lipinski definition) is 9.